The number of hydrogen-bond acceptors (Lipinski definition) is 2. The molecule has 0 radical (unpaired) electrons. The Morgan fingerprint density at radius 3 is 2.47 bits per heavy atom. The SMILES string of the molecule is Nc1cc(=O)n(Cc2ccc(F)c(C(F)(F)F)c2)[nH]1. The molecule has 0 aliphatic carbocycles. The van der Waals surface area contributed by atoms with Crippen LogP contribution < -0.4 is 11.3 Å². The average molecular weight is 275 g/mol. The molecule has 0 aliphatic heterocycles. The summed E-state index contributed by atoms with van der Waals surface area (Å²) >= 11 is 0. The summed E-state index contributed by atoms with van der Waals surface area (Å²) in [5.74, 6) is -1.25. The predicted molar refractivity (Wildman–Crippen MR) is 60.0 cm³/mol. The van der Waals surface area contributed by atoms with E-state index in [2.05, 4.69) is 5.10 Å². The quantitative estimate of drug-likeness (QED) is 0.823. The highest BCUT2D eigenvalue weighted by molar-refractivity contribution is 5.28. The molecule has 0 saturated carbocycles. The number of benzene rings is 1. The molecule has 0 bridgehead atoms. The van der Waals surface area contributed by atoms with Gasteiger partial charge in [0.2, 0.25) is 0 Å². The maximum Gasteiger partial charge on any atom is 0.419 e. The van der Waals surface area contributed by atoms with Gasteiger partial charge in [0, 0.05) is 6.07 Å². The lowest BCUT2D eigenvalue weighted by atomic mass is 10.1. The first-order valence-electron chi connectivity index (χ1n) is 5.18. The molecule has 102 valence electrons. The van der Waals surface area contributed by atoms with E-state index in [0.29, 0.717) is 6.07 Å². The van der Waals surface area contributed by atoms with Crippen molar-refractivity contribution in [3.8, 4) is 0 Å². The third-order valence-corrected chi connectivity index (χ3v) is 2.49. The highest BCUT2D eigenvalue weighted by Crippen LogP contribution is 2.31. The number of H-pyrrole nitrogens is 1. The van der Waals surface area contributed by atoms with Crippen LogP contribution >= 0.6 is 0 Å². The summed E-state index contributed by atoms with van der Waals surface area (Å²) in [5.41, 5.74) is 3.64. The molecule has 19 heavy (non-hydrogen) atoms. The molecule has 1 heterocycles. The van der Waals surface area contributed by atoms with Gasteiger partial charge in [-0.15, -0.1) is 0 Å². The summed E-state index contributed by atoms with van der Waals surface area (Å²) in [6.45, 7) is -0.153. The third-order valence-electron chi connectivity index (χ3n) is 2.49. The molecular formula is C11H9F4N3O. The van der Waals surface area contributed by atoms with Crippen LogP contribution in [0.2, 0.25) is 0 Å². The summed E-state index contributed by atoms with van der Waals surface area (Å²) in [5, 5.41) is 2.47. The van der Waals surface area contributed by atoms with Crippen LogP contribution in [-0.2, 0) is 12.7 Å². The van der Waals surface area contributed by atoms with Gasteiger partial charge in [-0.1, -0.05) is 6.07 Å². The highest BCUT2D eigenvalue weighted by atomic mass is 19.4. The number of nitrogens with one attached hydrogen (secondary N) is 1. The number of nitrogens with two attached hydrogens (primary N) is 1. The lowest BCUT2D eigenvalue weighted by Gasteiger charge is -2.10. The number of nitrogen functional groups attached to an aromatic ring is 1. The first kappa shape index (κ1) is 13.2. The number of halogens is 4. The zero-order chi connectivity index (χ0) is 14.2. The Balaban J connectivity index is 2.37. The molecule has 0 amide bonds. The van der Waals surface area contributed by atoms with Gasteiger partial charge >= 0.3 is 6.18 Å². The molecule has 0 saturated heterocycles. The summed E-state index contributed by atoms with van der Waals surface area (Å²) in [4.78, 5) is 11.3. The minimum atomic E-state index is -4.78. The maximum absolute atomic E-state index is 13.1. The zero-order valence-electron chi connectivity index (χ0n) is 9.46. The number of aromatic amines is 1. The molecule has 0 spiro atoms. The van der Waals surface area contributed by atoms with Gasteiger partial charge in [-0.2, -0.15) is 13.2 Å². The van der Waals surface area contributed by atoms with Gasteiger partial charge in [-0.05, 0) is 17.7 Å². The van der Waals surface area contributed by atoms with Crippen molar-refractivity contribution < 1.29 is 17.6 Å². The van der Waals surface area contributed by atoms with E-state index in [1.165, 1.54) is 6.07 Å². The van der Waals surface area contributed by atoms with Gasteiger partial charge in [-0.3, -0.25) is 9.89 Å². The summed E-state index contributed by atoms with van der Waals surface area (Å²) < 4.78 is 51.6. The average Bonchev–Trinajstić information content (AvgIpc) is 2.58. The van der Waals surface area contributed by atoms with Crippen LogP contribution in [-0.4, -0.2) is 9.78 Å². The fourth-order valence-electron chi connectivity index (χ4n) is 1.64. The molecule has 2 rings (SSSR count). The zero-order valence-corrected chi connectivity index (χ0v) is 9.46. The summed E-state index contributed by atoms with van der Waals surface area (Å²) in [7, 11) is 0. The lowest BCUT2D eigenvalue weighted by molar-refractivity contribution is -0.140. The second kappa shape index (κ2) is 4.45. The van der Waals surface area contributed by atoms with Crippen LogP contribution in [0.4, 0.5) is 23.4 Å². The van der Waals surface area contributed by atoms with Crippen molar-refractivity contribution in [3.05, 3.63) is 51.6 Å². The van der Waals surface area contributed by atoms with E-state index >= 15 is 0 Å². The van der Waals surface area contributed by atoms with Crippen LogP contribution in [0.3, 0.4) is 0 Å². The number of anilines is 1. The molecule has 1 aromatic carbocycles. The smallest absolute Gasteiger partial charge is 0.384 e. The van der Waals surface area contributed by atoms with Gasteiger partial charge < -0.3 is 5.73 Å². The monoisotopic (exact) mass is 275 g/mol. The number of hydrogen-bond donors (Lipinski definition) is 2. The maximum atomic E-state index is 13.1. The van der Waals surface area contributed by atoms with Crippen molar-refractivity contribution in [3.63, 3.8) is 0 Å². The van der Waals surface area contributed by atoms with Gasteiger partial charge in [0.25, 0.3) is 5.56 Å². The first-order valence-corrected chi connectivity index (χ1v) is 5.18. The normalized spacial score (nSPS) is 11.8. The van der Waals surface area contributed by atoms with Crippen molar-refractivity contribution in [2.75, 3.05) is 5.73 Å². The Labute approximate surface area is 104 Å². The first-order chi connectivity index (χ1) is 8.77. The van der Waals surface area contributed by atoms with Crippen molar-refractivity contribution in [2.45, 2.75) is 12.7 Å². The molecule has 2 aromatic rings. The Kier molecular flexibility index (Phi) is 3.09. The fourth-order valence-corrected chi connectivity index (χ4v) is 1.64. The lowest BCUT2D eigenvalue weighted by Crippen LogP contribution is -2.17. The van der Waals surface area contributed by atoms with Crippen molar-refractivity contribution in [2.24, 2.45) is 0 Å². The van der Waals surface area contributed by atoms with Crippen LogP contribution in [0, 0.1) is 5.82 Å². The second-order valence-electron chi connectivity index (χ2n) is 3.95. The minimum Gasteiger partial charge on any atom is -0.384 e. The number of aromatic nitrogens is 2. The largest absolute Gasteiger partial charge is 0.419 e. The molecule has 1 aromatic heterocycles. The van der Waals surface area contributed by atoms with Crippen molar-refractivity contribution in [1.29, 1.82) is 0 Å². The fraction of sp³-hybridized carbons (Fsp3) is 0.182. The molecule has 3 N–H and O–H groups in total. The van der Waals surface area contributed by atoms with Crippen LogP contribution in [0.1, 0.15) is 11.1 Å². The Morgan fingerprint density at radius 1 is 1.26 bits per heavy atom. The molecule has 0 atom stereocenters. The van der Waals surface area contributed by atoms with E-state index in [0.717, 1.165) is 16.8 Å². The van der Waals surface area contributed by atoms with E-state index in [9.17, 15) is 22.4 Å². The number of nitrogens with zero attached hydrogens (tertiary/aromatic N) is 1. The molecule has 0 aliphatic rings. The Bertz CT molecular complexity index is 657. The van der Waals surface area contributed by atoms with Gasteiger partial charge in [0.05, 0.1) is 12.1 Å². The van der Waals surface area contributed by atoms with Gasteiger partial charge in [0.1, 0.15) is 11.6 Å². The van der Waals surface area contributed by atoms with Crippen LogP contribution in [0.15, 0.2) is 29.1 Å². The standard InChI is InChI=1S/C11H9F4N3O/c12-8-2-1-6(3-7(8)11(13,14)15)5-18-10(19)4-9(16)17-18/h1-4,17H,5,16H2. The number of rotatable bonds is 2. The molecular weight excluding hydrogens is 266 g/mol. The van der Waals surface area contributed by atoms with E-state index in [1.807, 2.05) is 0 Å². The molecule has 0 fully saturated rings. The van der Waals surface area contributed by atoms with E-state index in [4.69, 9.17) is 5.73 Å². The topological polar surface area (TPSA) is 63.8 Å². The van der Waals surface area contributed by atoms with E-state index < -0.39 is 23.1 Å². The predicted octanol–water partition coefficient (Wildman–Crippen LogP) is 1.96. The van der Waals surface area contributed by atoms with Gasteiger partial charge in [-0.25, -0.2) is 9.07 Å². The molecule has 4 nitrogen and oxygen atoms in total. The van der Waals surface area contributed by atoms with Crippen LogP contribution in [0.25, 0.3) is 0 Å². The second-order valence-corrected chi connectivity index (χ2v) is 3.95. The molecule has 0 unspecified atom stereocenters. The Hall–Kier alpha value is -2.25. The number of alkyl halides is 3. The van der Waals surface area contributed by atoms with Gasteiger partial charge in [0.15, 0.2) is 0 Å². The summed E-state index contributed by atoms with van der Waals surface area (Å²) in [6.07, 6.45) is -4.78. The Morgan fingerprint density at radius 2 is 1.95 bits per heavy atom. The van der Waals surface area contributed by atoms with Crippen molar-refractivity contribution in [1.82, 2.24) is 9.78 Å². The van der Waals surface area contributed by atoms with E-state index in [1.54, 1.807) is 0 Å². The highest BCUT2D eigenvalue weighted by Gasteiger charge is 2.34. The van der Waals surface area contributed by atoms with E-state index in [-0.39, 0.29) is 17.9 Å². The third kappa shape index (κ3) is 2.78. The molecule has 8 heteroatoms. The summed E-state index contributed by atoms with van der Waals surface area (Å²) in [6, 6.07) is 3.66. The van der Waals surface area contributed by atoms with Crippen LogP contribution in [0.5, 0.6) is 0 Å². The minimum absolute atomic E-state index is 0.100. The van der Waals surface area contributed by atoms with Crippen molar-refractivity contribution >= 4 is 5.82 Å².